The molecule has 1 aliphatic heterocycles. The Balaban J connectivity index is 1.92. The lowest BCUT2D eigenvalue weighted by Gasteiger charge is -2.35. The van der Waals surface area contributed by atoms with Crippen LogP contribution in [0.3, 0.4) is 0 Å². The van der Waals surface area contributed by atoms with Crippen molar-refractivity contribution in [3.05, 3.63) is 41.0 Å². The Morgan fingerprint density at radius 1 is 1.00 bits per heavy atom. The molecule has 0 amide bonds. The fourth-order valence-electron chi connectivity index (χ4n) is 4.43. The first-order chi connectivity index (χ1) is 15.0. The van der Waals surface area contributed by atoms with Gasteiger partial charge in [0.2, 0.25) is 12.5 Å². The molecule has 31 heavy (non-hydrogen) atoms. The number of carbonyl (C=O) groups excluding carboxylic acids is 1. The van der Waals surface area contributed by atoms with Crippen molar-refractivity contribution < 1.29 is 38.3 Å². The van der Waals surface area contributed by atoms with Crippen LogP contribution < -0.4 is 23.7 Å². The summed E-state index contributed by atoms with van der Waals surface area (Å²) in [7, 11) is 4.62. The Morgan fingerprint density at radius 2 is 1.61 bits per heavy atom. The van der Waals surface area contributed by atoms with Crippen molar-refractivity contribution in [2.75, 3.05) is 34.7 Å². The molecule has 1 heterocycles. The van der Waals surface area contributed by atoms with Gasteiger partial charge in [0.05, 0.1) is 40.0 Å². The predicted molar refractivity (Wildman–Crippen MR) is 110 cm³/mol. The summed E-state index contributed by atoms with van der Waals surface area (Å²) in [4.78, 5) is 12.9. The number of ether oxygens (including phenoxy) is 6. The number of aliphatic hydroxyl groups excluding tert-OH is 1. The molecule has 2 aliphatic rings. The molecule has 166 valence electrons. The van der Waals surface area contributed by atoms with Crippen LogP contribution >= 0.6 is 0 Å². The number of aliphatic hydroxyl groups is 1. The second-order valence-corrected chi connectivity index (χ2v) is 7.38. The van der Waals surface area contributed by atoms with Gasteiger partial charge in [0.15, 0.2) is 23.0 Å². The summed E-state index contributed by atoms with van der Waals surface area (Å²) in [6.45, 7) is 2.13. The van der Waals surface area contributed by atoms with Crippen molar-refractivity contribution >= 4 is 5.97 Å². The van der Waals surface area contributed by atoms with Crippen LogP contribution in [0.1, 0.15) is 42.1 Å². The molecular formula is C23H26O8. The Bertz CT molecular complexity index is 961. The summed E-state index contributed by atoms with van der Waals surface area (Å²) in [6, 6.07) is 7.27. The quantitative estimate of drug-likeness (QED) is 0.699. The highest BCUT2D eigenvalue weighted by Crippen LogP contribution is 2.51. The fourth-order valence-corrected chi connectivity index (χ4v) is 4.43. The van der Waals surface area contributed by atoms with Gasteiger partial charge in [0.25, 0.3) is 0 Å². The van der Waals surface area contributed by atoms with Gasteiger partial charge in [-0.1, -0.05) is 0 Å². The van der Waals surface area contributed by atoms with Gasteiger partial charge in [0.1, 0.15) is 0 Å². The Morgan fingerprint density at radius 3 is 2.16 bits per heavy atom. The SMILES string of the molecule is CCOC(=O)C1CC(O)c2cc3c(cc2C1c1cc(OC)c(OC)c(OC)c1)OCO3. The van der Waals surface area contributed by atoms with Gasteiger partial charge in [-0.25, -0.2) is 0 Å². The molecule has 0 spiro atoms. The van der Waals surface area contributed by atoms with Crippen molar-refractivity contribution in [2.45, 2.75) is 25.4 Å². The maximum atomic E-state index is 12.9. The third-order valence-electron chi connectivity index (χ3n) is 5.79. The van der Waals surface area contributed by atoms with Crippen LogP contribution in [0.2, 0.25) is 0 Å². The van der Waals surface area contributed by atoms with E-state index in [9.17, 15) is 9.90 Å². The van der Waals surface area contributed by atoms with Crippen molar-refractivity contribution in [1.82, 2.24) is 0 Å². The monoisotopic (exact) mass is 430 g/mol. The molecule has 2 aromatic carbocycles. The molecule has 3 unspecified atom stereocenters. The summed E-state index contributed by atoms with van der Waals surface area (Å²) in [5.41, 5.74) is 2.25. The third-order valence-corrected chi connectivity index (χ3v) is 5.79. The smallest absolute Gasteiger partial charge is 0.309 e. The lowest BCUT2D eigenvalue weighted by Crippen LogP contribution is -2.32. The number of fused-ring (bicyclic) bond motifs is 2. The van der Waals surface area contributed by atoms with E-state index < -0.39 is 17.9 Å². The predicted octanol–water partition coefficient (Wildman–Crippen LogP) is 3.19. The molecule has 0 saturated carbocycles. The summed E-state index contributed by atoms with van der Waals surface area (Å²) < 4.78 is 32.9. The molecule has 2 aromatic rings. The van der Waals surface area contributed by atoms with Gasteiger partial charge in [-0.15, -0.1) is 0 Å². The van der Waals surface area contributed by atoms with Crippen LogP contribution in [0.5, 0.6) is 28.7 Å². The van der Waals surface area contributed by atoms with Crippen LogP contribution in [0, 0.1) is 5.92 Å². The van der Waals surface area contributed by atoms with E-state index in [1.54, 1.807) is 27.2 Å². The number of methoxy groups -OCH3 is 3. The molecule has 8 nitrogen and oxygen atoms in total. The molecule has 0 aromatic heterocycles. The average molecular weight is 430 g/mol. The molecule has 1 aliphatic carbocycles. The topological polar surface area (TPSA) is 92.7 Å². The molecular weight excluding hydrogens is 404 g/mol. The highest BCUT2D eigenvalue weighted by Gasteiger charge is 2.42. The minimum absolute atomic E-state index is 0.116. The lowest BCUT2D eigenvalue weighted by molar-refractivity contribution is -0.150. The minimum Gasteiger partial charge on any atom is -0.493 e. The Kier molecular flexibility index (Phi) is 5.82. The molecule has 8 heteroatoms. The van der Waals surface area contributed by atoms with Crippen LogP contribution in [-0.2, 0) is 9.53 Å². The van der Waals surface area contributed by atoms with Crippen molar-refractivity contribution in [3.8, 4) is 28.7 Å². The van der Waals surface area contributed by atoms with E-state index >= 15 is 0 Å². The minimum atomic E-state index is -0.836. The highest BCUT2D eigenvalue weighted by molar-refractivity contribution is 5.76. The molecule has 0 fully saturated rings. The summed E-state index contributed by atoms with van der Waals surface area (Å²) in [5, 5.41) is 10.9. The zero-order valence-corrected chi connectivity index (χ0v) is 18.0. The van der Waals surface area contributed by atoms with Crippen LogP contribution in [0.4, 0.5) is 0 Å². The van der Waals surface area contributed by atoms with E-state index in [4.69, 9.17) is 28.4 Å². The van der Waals surface area contributed by atoms with E-state index in [1.807, 2.05) is 18.2 Å². The fraction of sp³-hybridized carbons (Fsp3) is 0.435. The third kappa shape index (κ3) is 3.61. The molecule has 4 rings (SSSR count). The number of hydrogen-bond acceptors (Lipinski definition) is 8. The molecule has 0 radical (unpaired) electrons. The first-order valence-corrected chi connectivity index (χ1v) is 10.1. The molecule has 1 N–H and O–H groups in total. The zero-order chi connectivity index (χ0) is 22.1. The van der Waals surface area contributed by atoms with Crippen LogP contribution in [0.25, 0.3) is 0 Å². The molecule has 0 saturated heterocycles. The highest BCUT2D eigenvalue weighted by atomic mass is 16.7. The van der Waals surface area contributed by atoms with Crippen molar-refractivity contribution in [3.63, 3.8) is 0 Å². The maximum absolute atomic E-state index is 12.9. The second kappa shape index (κ2) is 8.55. The first kappa shape index (κ1) is 21.1. The maximum Gasteiger partial charge on any atom is 0.309 e. The summed E-state index contributed by atoms with van der Waals surface area (Å²) in [5.74, 6) is 1.18. The van der Waals surface area contributed by atoms with Gasteiger partial charge in [0, 0.05) is 5.92 Å². The Hall–Kier alpha value is -3.13. The Labute approximate surface area is 180 Å². The van der Waals surface area contributed by atoms with E-state index in [-0.39, 0.29) is 25.8 Å². The first-order valence-electron chi connectivity index (χ1n) is 10.1. The van der Waals surface area contributed by atoms with E-state index in [0.717, 1.165) is 11.1 Å². The number of esters is 1. The zero-order valence-electron chi connectivity index (χ0n) is 18.0. The number of hydrogen-bond donors (Lipinski definition) is 1. The van der Waals surface area contributed by atoms with Crippen molar-refractivity contribution in [2.24, 2.45) is 5.92 Å². The van der Waals surface area contributed by atoms with Gasteiger partial charge in [-0.05, 0) is 54.3 Å². The van der Waals surface area contributed by atoms with Gasteiger partial charge >= 0.3 is 5.97 Å². The molecule has 0 bridgehead atoms. The van der Waals surface area contributed by atoms with Gasteiger partial charge in [-0.2, -0.15) is 0 Å². The average Bonchev–Trinajstić information content (AvgIpc) is 3.24. The summed E-state index contributed by atoms with van der Waals surface area (Å²) >= 11 is 0. The summed E-state index contributed by atoms with van der Waals surface area (Å²) in [6.07, 6.45) is -0.621. The van der Waals surface area contributed by atoms with Crippen molar-refractivity contribution in [1.29, 1.82) is 0 Å². The van der Waals surface area contributed by atoms with Crippen LogP contribution in [-0.4, -0.2) is 45.8 Å². The van der Waals surface area contributed by atoms with Crippen LogP contribution in [0.15, 0.2) is 24.3 Å². The number of rotatable bonds is 6. The largest absolute Gasteiger partial charge is 0.493 e. The van der Waals surface area contributed by atoms with Gasteiger partial charge in [-0.3, -0.25) is 4.79 Å². The van der Waals surface area contributed by atoms with E-state index in [2.05, 4.69) is 0 Å². The van der Waals surface area contributed by atoms with Gasteiger partial charge < -0.3 is 33.5 Å². The normalized spacial score (nSPS) is 21.3. The van der Waals surface area contributed by atoms with E-state index in [0.29, 0.717) is 34.3 Å². The lowest BCUT2D eigenvalue weighted by atomic mass is 9.70. The number of carbonyl (C=O) groups is 1. The van der Waals surface area contributed by atoms with E-state index in [1.165, 1.54) is 7.11 Å². The number of benzene rings is 2. The second-order valence-electron chi connectivity index (χ2n) is 7.38. The standard InChI is InChI=1S/C23H26O8/c1-5-29-23(25)15-8-16(24)13-9-17-18(31-11-30-17)10-14(13)21(15)12-6-19(26-2)22(28-4)20(7-12)27-3/h6-7,9-10,15-16,21,24H,5,8,11H2,1-4H3. The molecule has 3 atom stereocenters.